The van der Waals surface area contributed by atoms with E-state index in [4.69, 9.17) is 11.6 Å². The van der Waals surface area contributed by atoms with Crippen LogP contribution < -0.4 is 5.32 Å². The topological polar surface area (TPSA) is 49.4 Å². The lowest BCUT2D eigenvalue weighted by atomic mass is 10.00. The van der Waals surface area contributed by atoms with E-state index in [1.54, 1.807) is 28.6 Å². The standard InChI is InChI=1S/C13H19ClN2O2S/c1-15-9-11-5-4-8-16(10-11)19(17,18)13-7-3-2-6-12(13)14/h2-3,6-7,11,15H,4-5,8-10H2,1H3. The van der Waals surface area contributed by atoms with Gasteiger partial charge in [0.05, 0.1) is 5.02 Å². The Bertz CT molecular complexity index is 531. The fourth-order valence-corrected chi connectivity index (χ4v) is 4.54. The Morgan fingerprint density at radius 3 is 2.84 bits per heavy atom. The molecular formula is C13H19ClN2O2S. The second-order valence-electron chi connectivity index (χ2n) is 4.86. The number of benzene rings is 1. The van der Waals surface area contributed by atoms with Crippen molar-refractivity contribution in [3.05, 3.63) is 29.3 Å². The highest BCUT2D eigenvalue weighted by Gasteiger charge is 2.31. The molecule has 0 radical (unpaired) electrons. The molecule has 1 aliphatic heterocycles. The molecule has 1 fully saturated rings. The second kappa shape index (κ2) is 6.22. The van der Waals surface area contributed by atoms with Gasteiger partial charge in [0.2, 0.25) is 10.0 Å². The summed E-state index contributed by atoms with van der Waals surface area (Å²) in [6, 6.07) is 6.62. The number of nitrogens with zero attached hydrogens (tertiary/aromatic N) is 1. The first-order valence-electron chi connectivity index (χ1n) is 6.45. The minimum Gasteiger partial charge on any atom is -0.319 e. The molecule has 0 aliphatic carbocycles. The largest absolute Gasteiger partial charge is 0.319 e. The van der Waals surface area contributed by atoms with Crippen LogP contribution in [0.3, 0.4) is 0 Å². The van der Waals surface area contributed by atoms with E-state index in [1.807, 2.05) is 7.05 Å². The van der Waals surface area contributed by atoms with Crippen molar-refractivity contribution in [1.29, 1.82) is 0 Å². The molecule has 6 heteroatoms. The summed E-state index contributed by atoms with van der Waals surface area (Å²) in [4.78, 5) is 0.210. The fourth-order valence-electron chi connectivity index (χ4n) is 2.49. The third-order valence-electron chi connectivity index (χ3n) is 3.43. The number of nitrogens with one attached hydrogen (secondary N) is 1. The van der Waals surface area contributed by atoms with Crippen LogP contribution in [0, 0.1) is 5.92 Å². The summed E-state index contributed by atoms with van der Waals surface area (Å²) < 4.78 is 26.7. The second-order valence-corrected chi connectivity index (χ2v) is 7.17. The Morgan fingerprint density at radius 2 is 2.16 bits per heavy atom. The highest BCUT2D eigenvalue weighted by atomic mass is 35.5. The summed E-state index contributed by atoms with van der Waals surface area (Å²) in [5, 5.41) is 3.40. The van der Waals surface area contributed by atoms with Gasteiger partial charge in [0.1, 0.15) is 4.90 Å². The van der Waals surface area contributed by atoms with E-state index in [1.165, 1.54) is 0 Å². The summed E-state index contributed by atoms with van der Waals surface area (Å²) >= 11 is 6.01. The number of halogens is 1. The van der Waals surface area contributed by atoms with E-state index >= 15 is 0 Å². The van der Waals surface area contributed by atoms with Crippen molar-refractivity contribution < 1.29 is 8.42 Å². The number of rotatable bonds is 4. The quantitative estimate of drug-likeness (QED) is 0.925. The predicted octanol–water partition coefficient (Wildman–Crippen LogP) is 1.96. The Morgan fingerprint density at radius 1 is 1.42 bits per heavy atom. The van der Waals surface area contributed by atoms with Gasteiger partial charge in [0.25, 0.3) is 0 Å². The molecule has 0 aromatic heterocycles. The van der Waals surface area contributed by atoms with Crippen molar-refractivity contribution in [3.8, 4) is 0 Å². The normalized spacial score (nSPS) is 21.5. The lowest BCUT2D eigenvalue weighted by Crippen LogP contribution is -2.42. The van der Waals surface area contributed by atoms with Crippen molar-refractivity contribution in [2.75, 3.05) is 26.7 Å². The highest BCUT2D eigenvalue weighted by molar-refractivity contribution is 7.89. The first-order chi connectivity index (χ1) is 9.05. The molecule has 0 amide bonds. The van der Waals surface area contributed by atoms with E-state index in [9.17, 15) is 8.42 Å². The van der Waals surface area contributed by atoms with Crippen LogP contribution in [-0.2, 0) is 10.0 Å². The van der Waals surface area contributed by atoms with E-state index in [2.05, 4.69) is 5.32 Å². The van der Waals surface area contributed by atoms with Crippen LogP contribution in [-0.4, -0.2) is 39.4 Å². The summed E-state index contributed by atoms with van der Waals surface area (Å²) in [6.45, 7) is 1.98. The van der Waals surface area contributed by atoms with E-state index in [0.29, 0.717) is 24.0 Å². The first kappa shape index (κ1) is 14.8. The molecule has 4 nitrogen and oxygen atoms in total. The summed E-state index contributed by atoms with van der Waals surface area (Å²) in [5.41, 5.74) is 0. The van der Waals surface area contributed by atoms with Crippen LogP contribution in [0.25, 0.3) is 0 Å². The van der Waals surface area contributed by atoms with Gasteiger partial charge in [-0.1, -0.05) is 23.7 Å². The van der Waals surface area contributed by atoms with Crippen LogP contribution >= 0.6 is 11.6 Å². The lowest BCUT2D eigenvalue weighted by molar-refractivity contribution is 0.263. The number of piperidine rings is 1. The maximum absolute atomic E-state index is 12.6. The molecule has 1 unspecified atom stereocenters. The van der Waals surface area contributed by atoms with E-state index in [-0.39, 0.29) is 4.90 Å². The molecule has 1 aromatic rings. The zero-order valence-electron chi connectivity index (χ0n) is 11.0. The molecule has 106 valence electrons. The minimum atomic E-state index is -3.47. The van der Waals surface area contributed by atoms with Crippen molar-refractivity contribution >= 4 is 21.6 Å². The molecule has 1 saturated heterocycles. The molecule has 1 aliphatic rings. The summed E-state index contributed by atoms with van der Waals surface area (Å²) in [7, 11) is -1.58. The Balaban J connectivity index is 2.22. The third kappa shape index (κ3) is 3.28. The van der Waals surface area contributed by atoms with Crippen molar-refractivity contribution in [2.45, 2.75) is 17.7 Å². The molecule has 1 aromatic carbocycles. The van der Waals surface area contributed by atoms with Gasteiger partial charge in [-0.05, 0) is 44.5 Å². The maximum atomic E-state index is 12.6. The zero-order chi connectivity index (χ0) is 13.9. The third-order valence-corrected chi connectivity index (χ3v) is 5.79. The molecule has 19 heavy (non-hydrogen) atoms. The van der Waals surface area contributed by atoms with Crippen LogP contribution in [0.1, 0.15) is 12.8 Å². The Hall–Kier alpha value is -0.620. The van der Waals surface area contributed by atoms with Crippen LogP contribution in [0.15, 0.2) is 29.2 Å². The Kier molecular flexibility index (Phi) is 4.84. The van der Waals surface area contributed by atoms with Gasteiger partial charge in [-0.25, -0.2) is 8.42 Å². The van der Waals surface area contributed by atoms with Crippen LogP contribution in [0.5, 0.6) is 0 Å². The van der Waals surface area contributed by atoms with Crippen LogP contribution in [0.4, 0.5) is 0 Å². The van der Waals surface area contributed by atoms with Crippen molar-refractivity contribution in [2.24, 2.45) is 5.92 Å². The van der Waals surface area contributed by atoms with Crippen LogP contribution in [0.2, 0.25) is 5.02 Å². The SMILES string of the molecule is CNCC1CCCN(S(=O)(=O)c2ccccc2Cl)C1. The van der Waals surface area contributed by atoms with Crippen molar-refractivity contribution in [1.82, 2.24) is 9.62 Å². The molecule has 1 atom stereocenters. The first-order valence-corrected chi connectivity index (χ1v) is 8.27. The predicted molar refractivity (Wildman–Crippen MR) is 76.9 cm³/mol. The lowest BCUT2D eigenvalue weighted by Gasteiger charge is -2.32. The minimum absolute atomic E-state index is 0.210. The van der Waals surface area contributed by atoms with Crippen molar-refractivity contribution in [3.63, 3.8) is 0 Å². The van der Waals surface area contributed by atoms with Gasteiger partial charge in [-0.15, -0.1) is 0 Å². The maximum Gasteiger partial charge on any atom is 0.244 e. The number of hydrogen-bond acceptors (Lipinski definition) is 3. The van der Waals surface area contributed by atoms with Gasteiger partial charge in [0, 0.05) is 13.1 Å². The molecular weight excluding hydrogens is 284 g/mol. The molecule has 2 rings (SSSR count). The number of sulfonamides is 1. The monoisotopic (exact) mass is 302 g/mol. The molecule has 1 heterocycles. The average molecular weight is 303 g/mol. The van der Waals surface area contributed by atoms with Gasteiger partial charge < -0.3 is 5.32 Å². The van der Waals surface area contributed by atoms with E-state index < -0.39 is 10.0 Å². The summed E-state index contributed by atoms with van der Waals surface area (Å²) in [6.07, 6.45) is 1.96. The fraction of sp³-hybridized carbons (Fsp3) is 0.538. The van der Waals surface area contributed by atoms with Gasteiger partial charge in [0.15, 0.2) is 0 Å². The number of hydrogen-bond donors (Lipinski definition) is 1. The molecule has 0 bridgehead atoms. The van der Waals surface area contributed by atoms with Gasteiger partial charge in [-0.3, -0.25) is 0 Å². The van der Waals surface area contributed by atoms with Gasteiger partial charge in [-0.2, -0.15) is 4.31 Å². The Labute approximate surface area is 119 Å². The molecule has 0 saturated carbocycles. The highest BCUT2D eigenvalue weighted by Crippen LogP contribution is 2.27. The van der Waals surface area contributed by atoms with E-state index in [0.717, 1.165) is 19.4 Å². The average Bonchev–Trinajstić information content (AvgIpc) is 2.40. The summed E-state index contributed by atoms with van der Waals surface area (Å²) in [5.74, 6) is 0.371. The zero-order valence-corrected chi connectivity index (χ0v) is 12.5. The smallest absolute Gasteiger partial charge is 0.244 e. The van der Waals surface area contributed by atoms with Gasteiger partial charge >= 0.3 is 0 Å². The molecule has 1 N–H and O–H groups in total. The molecule has 0 spiro atoms.